The van der Waals surface area contributed by atoms with Crippen molar-refractivity contribution in [2.24, 2.45) is 5.41 Å². The third-order valence-corrected chi connectivity index (χ3v) is 5.00. The first-order chi connectivity index (χ1) is 16.4. The summed E-state index contributed by atoms with van der Waals surface area (Å²) in [4.78, 5) is 53.3. The highest BCUT2D eigenvalue weighted by atomic mass is 16.6. The van der Waals surface area contributed by atoms with E-state index in [9.17, 15) is 24.0 Å². The van der Waals surface area contributed by atoms with E-state index >= 15 is 0 Å². The van der Waals surface area contributed by atoms with E-state index in [1.807, 2.05) is 6.92 Å². The van der Waals surface area contributed by atoms with Crippen LogP contribution in [0.3, 0.4) is 0 Å². The Kier molecular flexibility index (Phi) is 10.7. The van der Waals surface area contributed by atoms with Crippen LogP contribution in [0.2, 0.25) is 0 Å². The van der Waals surface area contributed by atoms with Crippen molar-refractivity contribution in [1.82, 2.24) is 0 Å². The van der Waals surface area contributed by atoms with Gasteiger partial charge < -0.3 is 35.4 Å². The molecule has 1 heterocycles. The number of hydrogen-bond acceptors (Lipinski definition) is 9. The molecule has 0 aromatic heterocycles. The molecule has 0 fully saturated rings. The van der Waals surface area contributed by atoms with Crippen LogP contribution < -0.4 is 0 Å². The number of aromatic carboxylic acids is 3. The Morgan fingerprint density at radius 2 is 1.14 bits per heavy atom. The third-order valence-electron chi connectivity index (χ3n) is 5.00. The zero-order chi connectivity index (χ0) is 26.8. The highest BCUT2D eigenvalue weighted by Crippen LogP contribution is 2.21. The van der Waals surface area contributed by atoms with Crippen molar-refractivity contribution in [1.29, 1.82) is 0 Å². The normalized spacial score (nSPS) is 11.8. The van der Waals surface area contributed by atoms with Crippen molar-refractivity contribution in [3.63, 3.8) is 0 Å². The van der Waals surface area contributed by atoms with Gasteiger partial charge in [0.05, 0.1) is 47.6 Å². The smallest absolute Gasteiger partial charge is 0.346 e. The van der Waals surface area contributed by atoms with Gasteiger partial charge in [-0.15, -0.1) is 0 Å². The summed E-state index contributed by atoms with van der Waals surface area (Å²) in [6, 6.07) is 8.85. The summed E-state index contributed by atoms with van der Waals surface area (Å²) in [7, 11) is 0. The highest BCUT2D eigenvalue weighted by Gasteiger charge is 2.30. The maximum absolute atomic E-state index is 11.0. The molecule has 12 heteroatoms. The Morgan fingerprint density at radius 3 is 1.51 bits per heavy atom. The lowest BCUT2D eigenvalue weighted by Crippen LogP contribution is -2.32. The molecule has 0 aliphatic carbocycles. The van der Waals surface area contributed by atoms with Crippen LogP contribution in [0.25, 0.3) is 0 Å². The number of hydrogen-bond donors (Lipinski definition) is 6. The van der Waals surface area contributed by atoms with Gasteiger partial charge in [-0.3, -0.25) is 0 Å². The number of carbonyl (C=O) groups excluding carboxylic acids is 2. The number of cyclic esters (lactones) is 2. The van der Waals surface area contributed by atoms with Crippen LogP contribution in [0, 0.1) is 5.41 Å². The van der Waals surface area contributed by atoms with Crippen LogP contribution in [0.15, 0.2) is 42.5 Å². The maximum atomic E-state index is 11.0. The first kappa shape index (κ1) is 28.9. The fourth-order valence-electron chi connectivity index (χ4n) is 2.49. The van der Waals surface area contributed by atoms with Gasteiger partial charge in [0.15, 0.2) is 0 Å². The number of esters is 2. The number of aliphatic hydroxyl groups excluding tert-OH is 3. The number of carboxylic acids is 3. The molecule has 0 atom stereocenters. The van der Waals surface area contributed by atoms with Crippen LogP contribution in [0.5, 0.6) is 0 Å². The van der Waals surface area contributed by atoms with Gasteiger partial charge in [-0.25, -0.2) is 24.0 Å². The molecule has 1 aliphatic rings. The van der Waals surface area contributed by atoms with Gasteiger partial charge in [0.2, 0.25) is 0 Å². The van der Waals surface area contributed by atoms with Crippen molar-refractivity contribution in [2.75, 3.05) is 19.8 Å². The van der Waals surface area contributed by atoms with Gasteiger partial charge in [-0.1, -0.05) is 13.0 Å². The molecule has 6 N–H and O–H groups in total. The van der Waals surface area contributed by atoms with Crippen molar-refractivity contribution in [2.45, 2.75) is 13.3 Å². The number of benzene rings is 2. The van der Waals surface area contributed by atoms with E-state index in [1.165, 1.54) is 30.3 Å². The standard InChI is InChI=1S/C9H4O5.C8H6O4.C6H14O3/c10-7(11)4-1-2-5-6(3-4)9(13)14-8(5)12;9-7(10)5-2-1-3-6(4-5)8(11)12;1-2-6(3-7,4-8)5-9/h1-3H,(H,10,11);1-4H,(H,9,10)(H,11,12);7-9H,2-5H2,1H3. The second-order valence-electron chi connectivity index (χ2n) is 7.26. The third kappa shape index (κ3) is 7.71. The van der Waals surface area contributed by atoms with E-state index in [0.717, 1.165) is 12.1 Å². The molecule has 0 unspecified atom stereocenters. The molecule has 0 spiro atoms. The first-order valence-corrected chi connectivity index (χ1v) is 9.98. The molecule has 0 saturated carbocycles. The van der Waals surface area contributed by atoms with Crippen LogP contribution in [0.4, 0.5) is 0 Å². The molecule has 0 saturated heterocycles. The maximum Gasteiger partial charge on any atom is 0.346 e. The Labute approximate surface area is 198 Å². The predicted octanol–water partition coefficient (Wildman–Crippen LogP) is 1.14. The van der Waals surface area contributed by atoms with Gasteiger partial charge >= 0.3 is 29.8 Å². The zero-order valence-corrected chi connectivity index (χ0v) is 18.5. The summed E-state index contributed by atoms with van der Waals surface area (Å²) >= 11 is 0. The molecular formula is C23H24O12. The Hall–Kier alpha value is -4.13. The van der Waals surface area contributed by atoms with Crippen LogP contribution >= 0.6 is 0 Å². The lowest BCUT2D eigenvalue weighted by molar-refractivity contribution is 0.00302. The predicted molar refractivity (Wildman–Crippen MR) is 117 cm³/mol. The van der Waals surface area contributed by atoms with Gasteiger partial charge in [0, 0.05) is 5.41 Å². The summed E-state index contributed by atoms with van der Waals surface area (Å²) in [6.45, 7) is 1.35. The van der Waals surface area contributed by atoms with Gasteiger partial charge in [-0.2, -0.15) is 0 Å². The molecule has 2 aromatic rings. The van der Waals surface area contributed by atoms with Gasteiger partial charge in [0.25, 0.3) is 0 Å². The molecule has 188 valence electrons. The average molecular weight is 492 g/mol. The fourth-order valence-corrected chi connectivity index (χ4v) is 2.49. The topological polar surface area (TPSA) is 216 Å². The van der Waals surface area contributed by atoms with E-state index in [-0.39, 0.29) is 47.6 Å². The molecule has 2 aromatic carbocycles. The highest BCUT2D eigenvalue weighted by molar-refractivity contribution is 6.15. The minimum Gasteiger partial charge on any atom is -0.478 e. The minimum absolute atomic E-state index is 0.00917. The van der Waals surface area contributed by atoms with Crippen molar-refractivity contribution in [3.8, 4) is 0 Å². The summed E-state index contributed by atoms with van der Waals surface area (Å²) in [6.07, 6.45) is 0.594. The van der Waals surface area contributed by atoms with Crippen molar-refractivity contribution in [3.05, 3.63) is 70.3 Å². The summed E-state index contributed by atoms with van der Waals surface area (Å²) in [5, 5.41) is 51.6. The van der Waals surface area contributed by atoms with E-state index in [0.29, 0.717) is 6.42 Å². The zero-order valence-electron chi connectivity index (χ0n) is 18.5. The van der Waals surface area contributed by atoms with Crippen LogP contribution in [-0.2, 0) is 4.74 Å². The number of aliphatic hydroxyl groups is 3. The van der Waals surface area contributed by atoms with E-state index < -0.39 is 35.3 Å². The second kappa shape index (κ2) is 12.9. The number of ether oxygens (including phenoxy) is 1. The quantitative estimate of drug-likeness (QED) is 0.237. The Bertz CT molecular complexity index is 1050. The van der Waals surface area contributed by atoms with Crippen molar-refractivity contribution < 1.29 is 59.3 Å². The van der Waals surface area contributed by atoms with Gasteiger partial charge in [0.1, 0.15) is 0 Å². The number of carboxylic acid groups (broad SMARTS) is 3. The van der Waals surface area contributed by atoms with Gasteiger partial charge in [-0.05, 0) is 42.8 Å². The first-order valence-electron chi connectivity index (χ1n) is 9.98. The number of fused-ring (bicyclic) bond motifs is 1. The van der Waals surface area contributed by atoms with Crippen LogP contribution in [-0.4, -0.2) is 80.3 Å². The molecule has 0 amide bonds. The molecular weight excluding hydrogens is 468 g/mol. The SMILES string of the molecule is CCC(CO)(CO)CO.O=C(O)c1ccc2c(c1)C(=O)OC2=O.O=C(O)c1cccc(C(=O)O)c1. The molecule has 0 bridgehead atoms. The average Bonchev–Trinajstić information content (AvgIpc) is 3.14. The summed E-state index contributed by atoms with van der Waals surface area (Å²) in [5.74, 6) is -4.94. The summed E-state index contributed by atoms with van der Waals surface area (Å²) in [5.41, 5.74) is -0.630. The molecule has 0 radical (unpaired) electrons. The van der Waals surface area contributed by atoms with Crippen LogP contribution in [0.1, 0.15) is 65.1 Å². The number of carbonyl (C=O) groups is 5. The molecule has 12 nitrogen and oxygen atoms in total. The fraction of sp³-hybridized carbons (Fsp3) is 0.261. The van der Waals surface area contributed by atoms with Crippen molar-refractivity contribution >= 4 is 29.8 Å². The summed E-state index contributed by atoms with van der Waals surface area (Å²) < 4.78 is 4.30. The van der Waals surface area contributed by atoms with E-state index in [4.69, 9.17) is 30.6 Å². The minimum atomic E-state index is -1.15. The van der Waals surface area contributed by atoms with E-state index in [2.05, 4.69) is 4.74 Å². The lowest BCUT2D eigenvalue weighted by atomic mass is 9.88. The largest absolute Gasteiger partial charge is 0.478 e. The Balaban J connectivity index is 0.000000270. The lowest BCUT2D eigenvalue weighted by Gasteiger charge is -2.24. The monoisotopic (exact) mass is 492 g/mol. The second-order valence-corrected chi connectivity index (χ2v) is 7.26. The number of rotatable bonds is 7. The molecule has 35 heavy (non-hydrogen) atoms. The van der Waals surface area contributed by atoms with E-state index in [1.54, 1.807) is 0 Å². The molecule has 1 aliphatic heterocycles. The molecule has 3 rings (SSSR count). The Morgan fingerprint density at radius 1 is 0.714 bits per heavy atom.